The van der Waals surface area contributed by atoms with Crippen molar-refractivity contribution < 1.29 is 4.79 Å². The van der Waals surface area contributed by atoms with Gasteiger partial charge in [0.25, 0.3) is 5.56 Å². The molecule has 3 N–H and O–H groups in total. The molecule has 1 aromatic heterocycles. The third kappa shape index (κ3) is 5.09. The van der Waals surface area contributed by atoms with Crippen LogP contribution in [0, 0.1) is 4.77 Å². The van der Waals surface area contributed by atoms with Crippen LogP contribution in [0.2, 0.25) is 0 Å². The second kappa shape index (κ2) is 7.09. The van der Waals surface area contributed by atoms with Crippen molar-refractivity contribution in [1.29, 1.82) is 0 Å². The molecule has 0 unspecified atom stereocenters. The zero-order valence-electron chi connectivity index (χ0n) is 10.7. The van der Waals surface area contributed by atoms with Gasteiger partial charge in [0, 0.05) is 16.2 Å². The topological polar surface area (TPSA) is 90.1 Å². The van der Waals surface area contributed by atoms with Crippen LogP contribution in [0.15, 0.2) is 44.7 Å². The highest BCUT2D eigenvalue weighted by Gasteiger charge is 2.03. The van der Waals surface area contributed by atoms with Crippen molar-refractivity contribution >= 4 is 40.3 Å². The van der Waals surface area contributed by atoms with Gasteiger partial charge in [-0.25, -0.2) is 5.43 Å². The number of H-pyrrole nitrogens is 2. The van der Waals surface area contributed by atoms with Gasteiger partial charge in [0.1, 0.15) is 0 Å². The maximum atomic E-state index is 11.7. The maximum absolute atomic E-state index is 11.7. The van der Waals surface area contributed by atoms with Gasteiger partial charge in [0.2, 0.25) is 5.91 Å². The number of hydrogen-bond donors (Lipinski definition) is 3. The molecule has 0 fully saturated rings. The molecule has 21 heavy (non-hydrogen) atoms. The fourth-order valence-electron chi connectivity index (χ4n) is 1.55. The Kier molecular flexibility index (Phi) is 5.18. The van der Waals surface area contributed by atoms with Crippen LogP contribution in [0.1, 0.15) is 11.3 Å². The molecule has 0 aliphatic carbocycles. The normalized spacial score (nSPS) is 10.7. The lowest BCUT2D eigenvalue weighted by molar-refractivity contribution is -0.120. The molecule has 0 spiro atoms. The van der Waals surface area contributed by atoms with Crippen LogP contribution in [0.5, 0.6) is 0 Å². The average molecular weight is 367 g/mol. The average Bonchev–Trinajstić information content (AvgIpc) is 2.39. The third-order valence-electron chi connectivity index (χ3n) is 2.44. The summed E-state index contributed by atoms with van der Waals surface area (Å²) in [6.07, 6.45) is 1.52. The van der Waals surface area contributed by atoms with Crippen molar-refractivity contribution in [3.63, 3.8) is 0 Å². The van der Waals surface area contributed by atoms with Gasteiger partial charge in [0.05, 0.1) is 12.6 Å². The second-order valence-corrected chi connectivity index (χ2v) is 5.46. The lowest BCUT2D eigenvalue weighted by Crippen LogP contribution is -2.21. The van der Waals surface area contributed by atoms with E-state index < -0.39 is 0 Å². The van der Waals surface area contributed by atoms with Gasteiger partial charge in [-0.05, 0) is 29.9 Å². The van der Waals surface area contributed by atoms with E-state index in [0.717, 1.165) is 10.0 Å². The van der Waals surface area contributed by atoms with Crippen molar-refractivity contribution in [1.82, 2.24) is 15.4 Å². The number of rotatable bonds is 4. The zero-order valence-corrected chi connectivity index (χ0v) is 13.1. The predicted octanol–water partition coefficient (Wildman–Crippen LogP) is 1.89. The summed E-state index contributed by atoms with van der Waals surface area (Å²) in [5.74, 6) is -0.348. The summed E-state index contributed by atoms with van der Waals surface area (Å²) in [6, 6.07) is 8.74. The highest BCUT2D eigenvalue weighted by Crippen LogP contribution is 2.08. The van der Waals surface area contributed by atoms with E-state index in [2.05, 4.69) is 36.4 Å². The van der Waals surface area contributed by atoms with E-state index in [1.54, 1.807) is 0 Å². The molecule has 0 saturated heterocycles. The van der Waals surface area contributed by atoms with Gasteiger partial charge >= 0.3 is 0 Å². The first kappa shape index (κ1) is 15.3. The summed E-state index contributed by atoms with van der Waals surface area (Å²) in [7, 11) is 0. The fourth-order valence-corrected chi connectivity index (χ4v) is 2.05. The van der Waals surface area contributed by atoms with E-state index in [0.29, 0.717) is 5.69 Å². The summed E-state index contributed by atoms with van der Waals surface area (Å²) < 4.78 is 1.15. The lowest BCUT2D eigenvalue weighted by Gasteiger charge is -2.00. The molecule has 1 heterocycles. The van der Waals surface area contributed by atoms with Crippen molar-refractivity contribution in [3.05, 3.63) is 61.2 Å². The number of benzene rings is 1. The number of aromatic nitrogens is 2. The first-order valence-electron chi connectivity index (χ1n) is 5.93. The van der Waals surface area contributed by atoms with E-state index in [-0.39, 0.29) is 22.7 Å². The van der Waals surface area contributed by atoms with Gasteiger partial charge in [-0.15, -0.1) is 0 Å². The number of nitrogens with zero attached hydrogens (tertiary/aromatic N) is 1. The van der Waals surface area contributed by atoms with Crippen LogP contribution < -0.4 is 11.0 Å². The number of carbonyl (C=O) groups is 1. The minimum Gasteiger partial charge on any atom is -0.335 e. The largest absolute Gasteiger partial charge is 0.335 e. The van der Waals surface area contributed by atoms with Crippen LogP contribution in [0.4, 0.5) is 0 Å². The Morgan fingerprint density at radius 3 is 2.71 bits per heavy atom. The van der Waals surface area contributed by atoms with Crippen molar-refractivity contribution in [2.45, 2.75) is 6.42 Å². The molecule has 2 aromatic rings. The summed E-state index contributed by atoms with van der Waals surface area (Å²) in [6.45, 7) is 0. The number of hydrogen-bond acceptors (Lipinski definition) is 4. The molecule has 0 radical (unpaired) electrons. The molecule has 108 valence electrons. The Morgan fingerprint density at radius 2 is 2.05 bits per heavy atom. The third-order valence-corrected chi connectivity index (χ3v) is 3.17. The second-order valence-electron chi connectivity index (χ2n) is 4.13. The van der Waals surface area contributed by atoms with Crippen LogP contribution >= 0.6 is 28.1 Å². The number of aromatic amines is 2. The minimum atomic E-state index is -0.348. The highest BCUT2D eigenvalue weighted by atomic mass is 79.9. The van der Waals surface area contributed by atoms with Crippen molar-refractivity contribution in [2.24, 2.45) is 5.10 Å². The summed E-state index contributed by atoms with van der Waals surface area (Å²) in [5.41, 5.74) is 3.32. The lowest BCUT2D eigenvalue weighted by atomic mass is 10.2. The first-order valence-corrected chi connectivity index (χ1v) is 7.13. The minimum absolute atomic E-state index is 0.00869. The summed E-state index contributed by atoms with van der Waals surface area (Å²) in [5, 5.41) is 3.85. The summed E-state index contributed by atoms with van der Waals surface area (Å²) in [4.78, 5) is 28.0. The molecular weight excluding hydrogens is 356 g/mol. The smallest absolute Gasteiger partial charge is 0.251 e. The molecule has 1 aromatic carbocycles. The maximum Gasteiger partial charge on any atom is 0.251 e. The Hall–Kier alpha value is -2.06. The van der Waals surface area contributed by atoms with E-state index in [1.807, 2.05) is 24.3 Å². The molecule has 6 nitrogen and oxygen atoms in total. The Balaban J connectivity index is 1.94. The SMILES string of the molecule is O=C(Cc1cc(=O)[nH]c(=S)[nH]1)N/N=C\c1ccc(Br)cc1. The van der Waals surface area contributed by atoms with E-state index in [4.69, 9.17) is 12.2 Å². The van der Waals surface area contributed by atoms with Gasteiger partial charge in [-0.2, -0.15) is 5.10 Å². The first-order chi connectivity index (χ1) is 10.0. The zero-order chi connectivity index (χ0) is 15.2. The molecule has 0 aliphatic heterocycles. The van der Waals surface area contributed by atoms with Gasteiger partial charge in [0.15, 0.2) is 4.77 Å². The van der Waals surface area contributed by atoms with Crippen LogP contribution in [0.25, 0.3) is 0 Å². The van der Waals surface area contributed by atoms with Crippen molar-refractivity contribution in [2.75, 3.05) is 0 Å². The number of hydrazone groups is 1. The van der Waals surface area contributed by atoms with E-state index in [1.165, 1.54) is 12.3 Å². The number of amides is 1. The number of carbonyl (C=O) groups excluding carboxylic acids is 1. The van der Waals surface area contributed by atoms with Crippen LogP contribution in [-0.2, 0) is 11.2 Å². The molecule has 0 saturated carbocycles. The van der Waals surface area contributed by atoms with Gasteiger partial charge in [-0.1, -0.05) is 28.1 Å². The van der Waals surface area contributed by atoms with Gasteiger partial charge in [-0.3, -0.25) is 14.6 Å². The molecule has 0 atom stereocenters. The molecule has 0 bridgehead atoms. The Morgan fingerprint density at radius 1 is 1.33 bits per heavy atom. The molecule has 0 aliphatic rings. The molecule has 2 rings (SSSR count). The molecule has 1 amide bonds. The standard InChI is InChI=1S/C13H11BrN4O2S/c14-9-3-1-8(2-4-9)7-15-18-12(20)6-10-5-11(19)17-13(21)16-10/h1-5,7H,6H2,(H,18,20)(H2,16,17,19,21)/b15-7-. The van der Waals surface area contributed by atoms with Crippen LogP contribution in [0.3, 0.4) is 0 Å². The molecule has 8 heteroatoms. The number of halogens is 1. The summed E-state index contributed by atoms with van der Waals surface area (Å²) >= 11 is 8.16. The van der Waals surface area contributed by atoms with E-state index >= 15 is 0 Å². The fraction of sp³-hybridized carbons (Fsp3) is 0.0769. The quantitative estimate of drug-likeness (QED) is 0.438. The monoisotopic (exact) mass is 366 g/mol. The van der Waals surface area contributed by atoms with E-state index in [9.17, 15) is 9.59 Å². The van der Waals surface area contributed by atoms with Crippen LogP contribution in [-0.4, -0.2) is 22.1 Å². The van der Waals surface area contributed by atoms with Crippen molar-refractivity contribution in [3.8, 4) is 0 Å². The highest BCUT2D eigenvalue weighted by molar-refractivity contribution is 9.10. The Bertz CT molecular complexity index is 751. The predicted molar refractivity (Wildman–Crippen MR) is 85.8 cm³/mol. The van der Waals surface area contributed by atoms with Gasteiger partial charge < -0.3 is 4.98 Å². The number of nitrogens with one attached hydrogen (secondary N) is 3. The molecular formula is C13H11BrN4O2S. The Labute approximate surface area is 133 Å².